The summed E-state index contributed by atoms with van der Waals surface area (Å²) >= 11 is 1.48. The number of pyridine rings is 1. The van der Waals surface area contributed by atoms with Crippen LogP contribution >= 0.6 is 11.3 Å². The number of aryl methyl sites for hydroxylation is 1. The molecule has 1 aliphatic rings. The fourth-order valence-corrected chi connectivity index (χ4v) is 4.74. The first-order valence-electron chi connectivity index (χ1n) is 10.2. The third-order valence-electron chi connectivity index (χ3n) is 5.53. The molecule has 2 aromatic heterocycles. The molecule has 0 radical (unpaired) electrons. The molecule has 154 valence electrons. The number of likely N-dealkylation sites (N-methyl/N-ethyl adjacent to an activating group) is 1. The predicted octanol–water partition coefficient (Wildman–Crippen LogP) is 4.03. The van der Waals surface area contributed by atoms with Crippen LogP contribution in [0.15, 0.2) is 60.9 Å². The maximum atomic E-state index is 13.2. The van der Waals surface area contributed by atoms with E-state index in [1.807, 2.05) is 67.4 Å². The molecule has 0 spiro atoms. The van der Waals surface area contributed by atoms with Crippen LogP contribution in [0.3, 0.4) is 0 Å². The van der Waals surface area contributed by atoms with E-state index in [0.29, 0.717) is 30.9 Å². The molecule has 1 saturated heterocycles. The molecule has 4 rings (SSSR count). The van der Waals surface area contributed by atoms with E-state index >= 15 is 0 Å². The molecule has 1 aromatic carbocycles. The molecule has 0 unspecified atom stereocenters. The lowest BCUT2D eigenvalue weighted by molar-refractivity contribution is -0.139. The zero-order valence-corrected chi connectivity index (χ0v) is 18.1. The largest absolute Gasteiger partial charge is 0.339 e. The summed E-state index contributed by atoms with van der Waals surface area (Å²) in [6, 6.07) is 15.4. The number of nitrogens with zero attached hydrogens (tertiary/aromatic N) is 3. The lowest BCUT2D eigenvalue weighted by Gasteiger charge is -2.40. The summed E-state index contributed by atoms with van der Waals surface area (Å²) in [6.45, 7) is 5.77. The smallest absolute Gasteiger partial charge is 0.264 e. The number of thiophene rings is 1. The molecule has 2 amide bonds. The first-order chi connectivity index (χ1) is 14.6. The minimum Gasteiger partial charge on any atom is -0.339 e. The summed E-state index contributed by atoms with van der Waals surface area (Å²) in [5.41, 5.74) is 3.13. The Labute approximate surface area is 181 Å². The molecule has 0 saturated carbocycles. The van der Waals surface area contributed by atoms with Gasteiger partial charge in [0.1, 0.15) is 6.04 Å². The van der Waals surface area contributed by atoms with Crippen LogP contribution in [0, 0.1) is 6.92 Å². The van der Waals surface area contributed by atoms with Crippen molar-refractivity contribution >= 4 is 23.2 Å². The standard InChI is InChI=1S/C24H25N3O2S/c1-3-26-12-13-27(24(29)22-10-9-17(2)30-22)21(23(26)28)15-18-6-4-7-19(14-18)20-8-5-11-25-16-20/h4-11,14,16,21H,3,12-13,15H2,1-2H3/t21-/m0/s1. The first-order valence-corrected chi connectivity index (χ1v) is 11.0. The maximum absolute atomic E-state index is 13.2. The number of piperazine rings is 1. The van der Waals surface area contributed by atoms with E-state index in [-0.39, 0.29) is 11.8 Å². The van der Waals surface area contributed by atoms with Gasteiger partial charge in [0.05, 0.1) is 4.88 Å². The van der Waals surface area contributed by atoms with E-state index in [0.717, 1.165) is 21.6 Å². The van der Waals surface area contributed by atoms with Gasteiger partial charge in [-0.2, -0.15) is 0 Å². The third kappa shape index (κ3) is 4.14. The van der Waals surface area contributed by atoms with Gasteiger partial charge in [0.2, 0.25) is 5.91 Å². The van der Waals surface area contributed by atoms with Crippen molar-refractivity contribution in [2.45, 2.75) is 26.3 Å². The number of carbonyl (C=O) groups is 2. The van der Waals surface area contributed by atoms with Crippen LogP contribution in [-0.2, 0) is 11.2 Å². The number of hydrogen-bond acceptors (Lipinski definition) is 4. The normalized spacial score (nSPS) is 16.7. The number of carbonyl (C=O) groups excluding carboxylic acids is 2. The first kappa shape index (κ1) is 20.3. The van der Waals surface area contributed by atoms with Crippen molar-refractivity contribution in [2.24, 2.45) is 0 Å². The average molecular weight is 420 g/mol. The number of benzene rings is 1. The summed E-state index contributed by atoms with van der Waals surface area (Å²) in [7, 11) is 0. The molecular formula is C24H25N3O2S. The van der Waals surface area contributed by atoms with Crippen molar-refractivity contribution < 1.29 is 9.59 Å². The summed E-state index contributed by atoms with van der Waals surface area (Å²) < 4.78 is 0. The minimum absolute atomic E-state index is 0.0251. The molecule has 1 aliphatic heterocycles. The Morgan fingerprint density at radius 2 is 1.97 bits per heavy atom. The van der Waals surface area contributed by atoms with Crippen LogP contribution < -0.4 is 0 Å². The van der Waals surface area contributed by atoms with Crippen molar-refractivity contribution in [3.63, 3.8) is 0 Å². The molecule has 30 heavy (non-hydrogen) atoms. The van der Waals surface area contributed by atoms with Gasteiger partial charge in [0, 0.05) is 43.3 Å². The summed E-state index contributed by atoms with van der Waals surface area (Å²) in [5.74, 6) is -0.0252. The molecule has 5 nitrogen and oxygen atoms in total. The second kappa shape index (κ2) is 8.79. The highest BCUT2D eigenvalue weighted by Gasteiger charge is 2.37. The Bertz CT molecular complexity index is 1050. The third-order valence-corrected chi connectivity index (χ3v) is 6.52. The van der Waals surface area contributed by atoms with Gasteiger partial charge < -0.3 is 9.80 Å². The van der Waals surface area contributed by atoms with Crippen LogP contribution in [0.4, 0.5) is 0 Å². The maximum Gasteiger partial charge on any atom is 0.264 e. The van der Waals surface area contributed by atoms with Gasteiger partial charge in [0.25, 0.3) is 5.91 Å². The Balaban J connectivity index is 1.63. The van der Waals surface area contributed by atoms with Crippen LogP contribution in [0.2, 0.25) is 0 Å². The molecule has 3 heterocycles. The van der Waals surface area contributed by atoms with E-state index in [4.69, 9.17) is 0 Å². The van der Waals surface area contributed by atoms with Crippen molar-refractivity contribution in [1.82, 2.24) is 14.8 Å². The van der Waals surface area contributed by atoms with Gasteiger partial charge in [-0.15, -0.1) is 11.3 Å². The van der Waals surface area contributed by atoms with E-state index in [1.54, 1.807) is 11.1 Å². The highest BCUT2D eigenvalue weighted by atomic mass is 32.1. The minimum atomic E-state index is -0.488. The van der Waals surface area contributed by atoms with Gasteiger partial charge in [-0.3, -0.25) is 14.6 Å². The highest BCUT2D eigenvalue weighted by molar-refractivity contribution is 7.13. The summed E-state index contributed by atoms with van der Waals surface area (Å²) in [5, 5.41) is 0. The molecule has 6 heteroatoms. The number of hydrogen-bond donors (Lipinski definition) is 0. The lowest BCUT2D eigenvalue weighted by Crippen LogP contribution is -2.59. The molecular weight excluding hydrogens is 394 g/mol. The molecule has 1 atom stereocenters. The van der Waals surface area contributed by atoms with E-state index < -0.39 is 6.04 Å². The van der Waals surface area contributed by atoms with Gasteiger partial charge in [-0.1, -0.05) is 30.3 Å². The van der Waals surface area contributed by atoms with Crippen LogP contribution in [0.25, 0.3) is 11.1 Å². The predicted molar refractivity (Wildman–Crippen MR) is 120 cm³/mol. The quantitative estimate of drug-likeness (QED) is 0.627. The van der Waals surface area contributed by atoms with Crippen molar-refractivity contribution in [2.75, 3.05) is 19.6 Å². The Kier molecular flexibility index (Phi) is 5.95. The Hall–Kier alpha value is -2.99. The SMILES string of the molecule is CCN1CCN(C(=O)c2ccc(C)s2)[C@@H](Cc2cccc(-c3cccnc3)c2)C1=O. The molecule has 3 aromatic rings. The number of amides is 2. The molecule has 0 bridgehead atoms. The highest BCUT2D eigenvalue weighted by Crippen LogP contribution is 2.25. The van der Waals surface area contributed by atoms with Crippen molar-refractivity contribution in [1.29, 1.82) is 0 Å². The van der Waals surface area contributed by atoms with Gasteiger partial charge in [-0.25, -0.2) is 0 Å². The fourth-order valence-electron chi connectivity index (χ4n) is 3.92. The second-order valence-corrected chi connectivity index (χ2v) is 8.78. The van der Waals surface area contributed by atoms with Gasteiger partial charge in [-0.05, 0) is 48.7 Å². The van der Waals surface area contributed by atoms with E-state index in [2.05, 4.69) is 11.1 Å². The molecule has 1 fully saturated rings. The lowest BCUT2D eigenvalue weighted by atomic mass is 9.97. The summed E-state index contributed by atoms with van der Waals surface area (Å²) in [6.07, 6.45) is 4.08. The molecule has 0 N–H and O–H groups in total. The van der Waals surface area contributed by atoms with Crippen molar-refractivity contribution in [3.05, 3.63) is 76.2 Å². The summed E-state index contributed by atoms with van der Waals surface area (Å²) in [4.78, 5) is 36.0. The van der Waals surface area contributed by atoms with Crippen LogP contribution in [-0.4, -0.2) is 52.3 Å². The van der Waals surface area contributed by atoms with Crippen molar-refractivity contribution in [3.8, 4) is 11.1 Å². The monoisotopic (exact) mass is 419 g/mol. The molecule has 0 aliphatic carbocycles. The van der Waals surface area contributed by atoms with Gasteiger partial charge >= 0.3 is 0 Å². The van der Waals surface area contributed by atoms with Gasteiger partial charge in [0.15, 0.2) is 0 Å². The Morgan fingerprint density at radius 1 is 1.13 bits per heavy atom. The van der Waals surface area contributed by atoms with Crippen LogP contribution in [0.1, 0.15) is 27.0 Å². The zero-order valence-electron chi connectivity index (χ0n) is 17.2. The number of aromatic nitrogens is 1. The van der Waals surface area contributed by atoms with Crippen LogP contribution in [0.5, 0.6) is 0 Å². The topological polar surface area (TPSA) is 53.5 Å². The zero-order chi connectivity index (χ0) is 21.1. The fraction of sp³-hybridized carbons (Fsp3) is 0.292. The number of rotatable bonds is 5. The Morgan fingerprint density at radius 3 is 2.67 bits per heavy atom. The van der Waals surface area contributed by atoms with E-state index in [1.165, 1.54) is 11.3 Å². The van der Waals surface area contributed by atoms with E-state index in [9.17, 15) is 9.59 Å². The average Bonchev–Trinajstić information content (AvgIpc) is 3.22. The second-order valence-electron chi connectivity index (χ2n) is 7.49.